The molecule has 24 heavy (non-hydrogen) atoms. The third-order valence-electron chi connectivity index (χ3n) is 3.53. The molecule has 0 saturated carbocycles. The summed E-state index contributed by atoms with van der Waals surface area (Å²) in [5.41, 5.74) is 0.738. The van der Waals surface area contributed by atoms with Crippen molar-refractivity contribution < 1.29 is 26.4 Å². The molecule has 134 valence electrons. The number of carbonyl (C=O) groups excluding carboxylic acids is 1. The molecule has 1 saturated heterocycles. The minimum absolute atomic E-state index is 0.0705. The van der Waals surface area contributed by atoms with Gasteiger partial charge in [0, 0.05) is 24.9 Å². The van der Waals surface area contributed by atoms with Crippen LogP contribution in [0.4, 0.5) is 11.4 Å². The number of nitrogens with one attached hydrogen (secondary N) is 1. The number of methoxy groups -OCH3 is 1. The van der Waals surface area contributed by atoms with Crippen molar-refractivity contribution in [2.45, 2.75) is 12.8 Å². The van der Waals surface area contributed by atoms with Gasteiger partial charge in [-0.3, -0.25) is 9.10 Å². The fraction of sp³-hybridized carbons (Fsp3) is 0.500. The van der Waals surface area contributed by atoms with Crippen molar-refractivity contribution in [1.29, 1.82) is 0 Å². The molecule has 1 aliphatic rings. The second-order valence-corrected chi connectivity index (χ2v) is 9.83. The Kier molecular flexibility index (Phi) is 5.38. The number of sulfone groups is 1. The van der Waals surface area contributed by atoms with Gasteiger partial charge in [-0.05, 0) is 24.6 Å². The van der Waals surface area contributed by atoms with E-state index < -0.39 is 25.8 Å². The van der Waals surface area contributed by atoms with Crippen molar-refractivity contribution in [3.8, 4) is 5.75 Å². The number of carbonyl (C=O) groups is 1. The maximum absolute atomic E-state index is 12.1. The van der Waals surface area contributed by atoms with Gasteiger partial charge in [0.05, 0.1) is 24.3 Å². The fourth-order valence-electron chi connectivity index (χ4n) is 2.37. The monoisotopic (exact) mass is 376 g/mol. The maximum atomic E-state index is 12.1. The molecular weight excluding hydrogens is 356 g/mol. The molecule has 2 rings (SSSR count). The first-order valence-electron chi connectivity index (χ1n) is 7.28. The second kappa shape index (κ2) is 6.98. The maximum Gasteiger partial charge on any atom is 0.235 e. The van der Waals surface area contributed by atoms with Gasteiger partial charge in [0.2, 0.25) is 15.9 Å². The quantitative estimate of drug-likeness (QED) is 0.779. The van der Waals surface area contributed by atoms with E-state index in [4.69, 9.17) is 4.74 Å². The summed E-state index contributed by atoms with van der Waals surface area (Å²) in [7, 11) is -5.18. The molecule has 0 unspecified atom stereocenters. The van der Waals surface area contributed by atoms with E-state index in [1.807, 2.05) is 0 Å². The van der Waals surface area contributed by atoms with Gasteiger partial charge in [-0.25, -0.2) is 16.8 Å². The van der Waals surface area contributed by atoms with Gasteiger partial charge in [-0.15, -0.1) is 0 Å². The van der Waals surface area contributed by atoms with Gasteiger partial charge in [-0.2, -0.15) is 0 Å². The Morgan fingerprint density at radius 1 is 1.38 bits per heavy atom. The molecule has 1 aromatic rings. The number of hydrogen-bond donors (Lipinski definition) is 1. The predicted molar refractivity (Wildman–Crippen MR) is 91.7 cm³/mol. The van der Waals surface area contributed by atoms with Crippen molar-refractivity contribution in [2.75, 3.05) is 41.0 Å². The third kappa shape index (κ3) is 4.60. The number of hydrogen-bond acceptors (Lipinski definition) is 6. The predicted octanol–water partition coefficient (Wildman–Crippen LogP) is 0.608. The molecular formula is C14H20N2O6S2. The number of sulfonamides is 1. The fourth-order valence-corrected chi connectivity index (χ4v) is 4.49. The molecule has 1 amide bonds. The second-order valence-electron chi connectivity index (χ2n) is 5.56. The lowest BCUT2D eigenvalue weighted by molar-refractivity contribution is -0.115. The first kappa shape index (κ1) is 18.5. The van der Waals surface area contributed by atoms with Crippen LogP contribution in [0.15, 0.2) is 18.2 Å². The molecule has 1 fully saturated rings. The van der Waals surface area contributed by atoms with E-state index in [9.17, 15) is 21.6 Å². The Morgan fingerprint density at radius 3 is 2.62 bits per heavy atom. The molecule has 8 nitrogen and oxygen atoms in total. The highest BCUT2D eigenvalue weighted by Crippen LogP contribution is 2.35. The van der Waals surface area contributed by atoms with E-state index in [1.165, 1.54) is 17.5 Å². The summed E-state index contributed by atoms with van der Waals surface area (Å²) in [6.45, 7) is 0.351. The molecule has 0 aromatic heterocycles. The Balaban J connectivity index is 2.21. The third-order valence-corrected chi connectivity index (χ3v) is 6.33. The van der Waals surface area contributed by atoms with Crippen LogP contribution in [-0.2, 0) is 24.7 Å². The summed E-state index contributed by atoms with van der Waals surface area (Å²) in [6.07, 6.45) is 1.42. The Labute approximate surface area is 141 Å². The highest BCUT2D eigenvalue weighted by molar-refractivity contribution is 7.93. The highest BCUT2D eigenvalue weighted by atomic mass is 32.2. The zero-order valence-corrected chi connectivity index (χ0v) is 15.1. The summed E-state index contributed by atoms with van der Waals surface area (Å²) in [5, 5.41) is 2.58. The van der Waals surface area contributed by atoms with Crippen LogP contribution in [0.25, 0.3) is 0 Å². The van der Waals surface area contributed by atoms with Gasteiger partial charge in [0.25, 0.3) is 0 Å². The molecule has 10 heteroatoms. The molecule has 0 spiro atoms. The molecule has 0 bridgehead atoms. The molecule has 1 aliphatic heterocycles. The molecule has 1 N–H and O–H groups in total. The number of amides is 1. The van der Waals surface area contributed by atoms with Crippen molar-refractivity contribution in [3.05, 3.63) is 18.2 Å². The number of nitrogens with zero attached hydrogens (tertiary/aromatic N) is 1. The van der Waals surface area contributed by atoms with Gasteiger partial charge >= 0.3 is 0 Å². The lowest BCUT2D eigenvalue weighted by Crippen LogP contribution is -2.25. The minimum Gasteiger partial charge on any atom is -0.495 e. The van der Waals surface area contributed by atoms with Gasteiger partial charge in [-0.1, -0.05) is 0 Å². The van der Waals surface area contributed by atoms with Crippen LogP contribution in [0.3, 0.4) is 0 Å². The first-order chi connectivity index (χ1) is 11.1. The van der Waals surface area contributed by atoms with E-state index in [0.717, 1.165) is 6.26 Å². The minimum atomic E-state index is -3.39. The van der Waals surface area contributed by atoms with E-state index in [2.05, 4.69) is 5.32 Å². The van der Waals surface area contributed by atoms with Gasteiger partial charge in [0.1, 0.15) is 15.6 Å². The van der Waals surface area contributed by atoms with Gasteiger partial charge in [0.15, 0.2) is 0 Å². The smallest absolute Gasteiger partial charge is 0.235 e. The van der Waals surface area contributed by atoms with Crippen LogP contribution in [-0.4, -0.2) is 54.2 Å². The van der Waals surface area contributed by atoms with E-state index in [-0.39, 0.29) is 17.9 Å². The molecule has 1 aromatic carbocycles. The zero-order chi connectivity index (χ0) is 18.0. The lowest BCUT2D eigenvalue weighted by Gasteiger charge is -2.20. The van der Waals surface area contributed by atoms with Crippen LogP contribution in [0.1, 0.15) is 12.8 Å². The molecule has 0 aliphatic carbocycles. The van der Waals surface area contributed by atoms with E-state index in [1.54, 1.807) is 12.1 Å². The molecule has 0 atom stereocenters. The standard InChI is InChI=1S/C14H20N2O6S2/c1-22-13-5-4-11(15-14(17)6-9-23(2,18)19)10-12(13)16-7-3-8-24(16,20)21/h4-5,10H,3,6-9H2,1-2H3,(H,15,17). The average Bonchev–Trinajstić information content (AvgIpc) is 2.83. The van der Waals surface area contributed by atoms with E-state index in [0.29, 0.717) is 30.1 Å². The van der Waals surface area contributed by atoms with Crippen LogP contribution in [0, 0.1) is 0 Å². The van der Waals surface area contributed by atoms with Crippen LogP contribution >= 0.6 is 0 Å². The number of benzene rings is 1. The largest absolute Gasteiger partial charge is 0.495 e. The Hall–Kier alpha value is -1.81. The van der Waals surface area contributed by atoms with Crippen molar-refractivity contribution in [3.63, 3.8) is 0 Å². The summed E-state index contributed by atoms with van der Waals surface area (Å²) in [4.78, 5) is 11.8. The number of anilines is 2. The van der Waals surface area contributed by atoms with Crippen molar-refractivity contribution in [2.24, 2.45) is 0 Å². The van der Waals surface area contributed by atoms with Crippen LogP contribution in [0.2, 0.25) is 0 Å². The molecule has 0 radical (unpaired) electrons. The highest BCUT2D eigenvalue weighted by Gasteiger charge is 2.30. The summed E-state index contributed by atoms with van der Waals surface area (Å²) in [5.74, 6) is -0.251. The SMILES string of the molecule is COc1ccc(NC(=O)CCS(C)(=O)=O)cc1N1CCCS1(=O)=O. The summed E-state index contributed by atoms with van der Waals surface area (Å²) < 4.78 is 52.9. The lowest BCUT2D eigenvalue weighted by atomic mass is 10.2. The van der Waals surface area contributed by atoms with E-state index >= 15 is 0 Å². The van der Waals surface area contributed by atoms with Crippen molar-refractivity contribution in [1.82, 2.24) is 0 Å². The first-order valence-corrected chi connectivity index (χ1v) is 11.0. The Morgan fingerprint density at radius 2 is 2.08 bits per heavy atom. The normalized spacial score (nSPS) is 16.8. The average molecular weight is 376 g/mol. The number of rotatable bonds is 6. The summed E-state index contributed by atoms with van der Waals surface area (Å²) >= 11 is 0. The Bertz CT molecular complexity index is 833. The summed E-state index contributed by atoms with van der Waals surface area (Å²) in [6, 6.07) is 4.65. The van der Waals surface area contributed by atoms with Crippen LogP contribution < -0.4 is 14.4 Å². The number of ether oxygens (including phenoxy) is 1. The van der Waals surface area contributed by atoms with Crippen molar-refractivity contribution >= 4 is 37.1 Å². The van der Waals surface area contributed by atoms with Crippen LogP contribution in [0.5, 0.6) is 5.75 Å². The van der Waals surface area contributed by atoms with Gasteiger partial charge < -0.3 is 10.1 Å². The zero-order valence-electron chi connectivity index (χ0n) is 13.5. The topological polar surface area (TPSA) is 110 Å². The molecule has 1 heterocycles.